The zero-order valence-electron chi connectivity index (χ0n) is 11.7. The second-order valence-corrected chi connectivity index (χ2v) is 5.21. The number of aromatic hydroxyl groups is 1. The molecule has 0 saturated carbocycles. The predicted octanol–water partition coefficient (Wildman–Crippen LogP) is 4.81. The first-order valence-corrected chi connectivity index (χ1v) is 6.89. The maximum absolute atomic E-state index is 9.75. The first-order chi connectivity index (χ1) is 8.07. The van der Waals surface area contributed by atoms with Gasteiger partial charge >= 0.3 is 0 Å². The first kappa shape index (κ1) is 14.1. The molecule has 0 aliphatic rings. The van der Waals surface area contributed by atoms with Gasteiger partial charge in [-0.15, -0.1) is 0 Å². The Morgan fingerprint density at radius 3 is 2.41 bits per heavy atom. The monoisotopic (exact) mass is 234 g/mol. The van der Waals surface area contributed by atoms with E-state index in [1.807, 2.05) is 6.07 Å². The number of phenolic OH excluding ortho intramolecular Hbond substituents is 1. The number of phenols is 1. The van der Waals surface area contributed by atoms with Gasteiger partial charge in [0.2, 0.25) is 0 Å². The molecule has 1 aromatic rings. The zero-order valence-corrected chi connectivity index (χ0v) is 11.7. The van der Waals surface area contributed by atoms with E-state index in [1.54, 1.807) is 0 Å². The van der Waals surface area contributed by atoms with Crippen LogP contribution in [-0.2, 0) is 11.8 Å². The summed E-state index contributed by atoms with van der Waals surface area (Å²) in [5, 5.41) is 9.75. The van der Waals surface area contributed by atoms with E-state index in [0.717, 1.165) is 18.4 Å². The van der Waals surface area contributed by atoms with E-state index in [9.17, 15) is 5.11 Å². The van der Waals surface area contributed by atoms with E-state index in [4.69, 9.17) is 0 Å². The van der Waals surface area contributed by atoms with Crippen molar-refractivity contribution in [2.45, 2.75) is 65.2 Å². The van der Waals surface area contributed by atoms with Crippen molar-refractivity contribution < 1.29 is 5.11 Å². The summed E-state index contributed by atoms with van der Waals surface area (Å²) in [5.41, 5.74) is 2.70. The van der Waals surface area contributed by atoms with Crippen LogP contribution in [0.25, 0.3) is 0 Å². The fraction of sp³-hybridized carbons (Fsp3) is 0.625. The Kier molecular flexibility index (Phi) is 5.04. The first-order valence-electron chi connectivity index (χ1n) is 6.89. The summed E-state index contributed by atoms with van der Waals surface area (Å²) in [6.07, 6.45) is 5.79. The molecule has 1 nitrogen and oxygen atoms in total. The molecule has 0 aliphatic heterocycles. The van der Waals surface area contributed by atoms with Crippen LogP contribution in [0.5, 0.6) is 5.75 Å². The van der Waals surface area contributed by atoms with Gasteiger partial charge in [0.25, 0.3) is 0 Å². The Morgan fingerprint density at radius 2 is 1.88 bits per heavy atom. The minimum Gasteiger partial charge on any atom is -0.508 e. The van der Waals surface area contributed by atoms with E-state index >= 15 is 0 Å². The molecule has 96 valence electrons. The zero-order chi connectivity index (χ0) is 12.9. The SMILES string of the molecule is CCCCC(C)(CC)c1ccc(O)c(CC)c1. The number of unbranched alkanes of at least 4 members (excludes halogenated alkanes) is 1. The minimum atomic E-state index is 0.258. The van der Waals surface area contributed by atoms with Gasteiger partial charge in [-0.2, -0.15) is 0 Å². The topological polar surface area (TPSA) is 20.2 Å². The second-order valence-electron chi connectivity index (χ2n) is 5.21. The van der Waals surface area contributed by atoms with Gasteiger partial charge in [0.15, 0.2) is 0 Å². The van der Waals surface area contributed by atoms with Gasteiger partial charge in [-0.25, -0.2) is 0 Å². The molecule has 0 bridgehead atoms. The third kappa shape index (κ3) is 3.24. The normalized spacial score (nSPS) is 14.6. The van der Waals surface area contributed by atoms with Crippen LogP contribution >= 0.6 is 0 Å². The highest BCUT2D eigenvalue weighted by atomic mass is 16.3. The highest BCUT2D eigenvalue weighted by molar-refractivity contribution is 5.39. The van der Waals surface area contributed by atoms with Crippen LogP contribution in [0.4, 0.5) is 0 Å². The fourth-order valence-electron chi connectivity index (χ4n) is 2.34. The number of hydrogen-bond donors (Lipinski definition) is 1. The molecule has 1 unspecified atom stereocenters. The highest BCUT2D eigenvalue weighted by Gasteiger charge is 2.24. The number of benzene rings is 1. The van der Waals surface area contributed by atoms with E-state index < -0.39 is 0 Å². The van der Waals surface area contributed by atoms with Crippen LogP contribution < -0.4 is 0 Å². The molecule has 1 heteroatoms. The lowest BCUT2D eigenvalue weighted by Gasteiger charge is -2.29. The second kappa shape index (κ2) is 6.09. The molecule has 0 radical (unpaired) electrons. The summed E-state index contributed by atoms with van der Waals surface area (Å²) >= 11 is 0. The molecule has 0 fully saturated rings. The van der Waals surface area contributed by atoms with Gasteiger partial charge in [0.05, 0.1) is 0 Å². The molecule has 0 amide bonds. The molecule has 17 heavy (non-hydrogen) atoms. The van der Waals surface area contributed by atoms with E-state index in [1.165, 1.54) is 24.8 Å². The summed E-state index contributed by atoms with van der Waals surface area (Å²) in [4.78, 5) is 0. The molecule has 0 aliphatic carbocycles. The van der Waals surface area contributed by atoms with Gasteiger partial charge in [0, 0.05) is 0 Å². The van der Waals surface area contributed by atoms with Crippen LogP contribution in [0, 0.1) is 0 Å². The molecule has 0 aromatic heterocycles. The maximum Gasteiger partial charge on any atom is 0.118 e. The summed E-state index contributed by atoms with van der Waals surface area (Å²) in [6.45, 7) is 8.93. The average molecular weight is 234 g/mol. The lowest BCUT2D eigenvalue weighted by Crippen LogP contribution is -2.20. The Labute approximate surface area is 106 Å². The number of rotatable bonds is 6. The largest absolute Gasteiger partial charge is 0.508 e. The summed E-state index contributed by atoms with van der Waals surface area (Å²) < 4.78 is 0. The molecule has 1 rings (SSSR count). The van der Waals surface area contributed by atoms with Crippen molar-refractivity contribution in [1.29, 1.82) is 0 Å². The number of aryl methyl sites for hydroxylation is 1. The van der Waals surface area contributed by atoms with Crippen LogP contribution in [-0.4, -0.2) is 5.11 Å². The van der Waals surface area contributed by atoms with Crippen molar-refractivity contribution >= 4 is 0 Å². The van der Waals surface area contributed by atoms with E-state index in [0.29, 0.717) is 5.75 Å². The van der Waals surface area contributed by atoms with Gasteiger partial charge in [-0.05, 0) is 41.9 Å². The van der Waals surface area contributed by atoms with Crippen LogP contribution in [0.15, 0.2) is 18.2 Å². The predicted molar refractivity (Wildman–Crippen MR) is 74.7 cm³/mol. The summed E-state index contributed by atoms with van der Waals surface area (Å²) in [5.74, 6) is 0.435. The molecule has 0 spiro atoms. The Morgan fingerprint density at radius 1 is 1.18 bits per heavy atom. The fourth-order valence-corrected chi connectivity index (χ4v) is 2.34. The van der Waals surface area contributed by atoms with Crippen molar-refractivity contribution in [2.24, 2.45) is 0 Å². The van der Waals surface area contributed by atoms with Gasteiger partial charge in [0.1, 0.15) is 5.75 Å². The third-order valence-electron chi connectivity index (χ3n) is 4.02. The average Bonchev–Trinajstić information content (AvgIpc) is 2.36. The summed E-state index contributed by atoms with van der Waals surface area (Å²) in [6, 6.07) is 6.14. The molecule has 1 aromatic carbocycles. The van der Waals surface area contributed by atoms with Gasteiger partial charge in [-0.3, -0.25) is 0 Å². The van der Waals surface area contributed by atoms with Crippen molar-refractivity contribution in [3.05, 3.63) is 29.3 Å². The molecule has 0 heterocycles. The van der Waals surface area contributed by atoms with Gasteiger partial charge in [-0.1, -0.05) is 52.7 Å². The maximum atomic E-state index is 9.75. The molecule has 0 saturated heterocycles. The molecular weight excluding hydrogens is 208 g/mol. The van der Waals surface area contributed by atoms with Crippen molar-refractivity contribution in [3.63, 3.8) is 0 Å². The van der Waals surface area contributed by atoms with Crippen LogP contribution in [0.3, 0.4) is 0 Å². The van der Waals surface area contributed by atoms with Crippen LogP contribution in [0.1, 0.15) is 64.5 Å². The van der Waals surface area contributed by atoms with Crippen LogP contribution in [0.2, 0.25) is 0 Å². The van der Waals surface area contributed by atoms with Crippen molar-refractivity contribution in [2.75, 3.05) is 0 Å². The lowest BCUT2D eigenvalue weighted by molar-refractivity contribution is 0.401. The Hall–Kier alpha value is -0.980. The third-order valence-corrected chi connectivity index (χ3v) is 4.02. The van der Waals surface area contributed by atoms with Crippen molar-refractivity contribution in [1.82, 2.24) is 0 Å². The van der Waals surface area contributed by atoms with E-state index in [-0.39, 0.29) is 5.41 Å². The highest BCUT2D eigenvalue weighted by Crippen LogP contribution is 2.35. The number of hydrogen-bond acceptors (Lipinski definition) is 1. The minimum absolute atomic E-state index is 0.258. The van der Waals surface area contributed by atoms with E-state index in [2.05, 4.69) is 39.8 Å². The molecule has 1 atom stereocenters. The Bertz CT molecular complexity index is 357. The quantitative estimate of drug-likeness (QED) is 0.748. The standard InChI is InChI=1S/C16H26O/c1-5-8-11-16(4,7-3)14-9-10-15(17)13(6-2)12-14/h9-10,12,17H,5-8,11H2,1-4H3. The Balaban J connectivity index is 3.02. The smallest absolute Gasteiger partial charge is 0.118 e. The molecule has 1 N–H and O–H groups in total. The van der Waals surface area contributed by atoms with Crippen molar-refractivity contribution in [3.8, 4) is 5.75 Å². The molecular formula is C16H26O. The summed E-state index contributed by atoms with van der Waals surface area (Å²) in [7, 11) is 0. The lowest BCUT2D eigenvalue weighted by atomic mass is 9.75. The van der Waals surface area contributed by atoms with Gasteiger partial charge < -0.3 is 5.11 Å².